The van der Waals surface area contributed by atoms with Crippen LogP contribution in [0.4, 0.5) is 5.82 Å². The van der Waals surface area contributed by atoms with E-state index >= 15 is 0 Å². The van der Waals surface area contributed by atoms with Gasteiger partial charge in [-0.3, -0.25) is 0 Å². The molecule has 0 radical (unpaired) electrons. The second kappa shape index (κ2) is 6.19. The Morgan fingerprint density at radius 1 is 1.60 bits per heavy atom. The van der Waals surface area contributed by atoms with Crippen molar-refractivity contribution in [3.63, 3.8) is 0 Å². The number of nitrogens with two attached hydrogens (primary N) is 1. The highest BCUT2D eigenvalue weighted by Crippen LogP contribution is 2.12. The number of hydrogen-bond acceptors (Lipinski definition) is 3. The van der Waals surface area contributed by atoms with E-state index in [1.54, 1.807) is 6.20 Å². The lowest BCUT2D eigenvalue weighted by atomic mass is 10.1. The van der Waals surface area contributed by atoms with E-state index in [4.69, 9.17) is 5.73 Å². The van der Waals surface area contributed by atoms with E-state index in [0.29, 0.717) is 5.82 Å². The number of aromatic nitrogens is 1. The van der Waals surface area contributed by atoms with Crippen molar-refractivity contribution in [3.8, 4) is 0 Å². The summed E-state index contributed by atoms with van der Waals surface area (Å²) in [6.07, 6.45) is 5.91. The first kappa shape index (κ1) is 11.7. The minimum atomic E-state index is 0.638. The van der Waals surface area contributed by atoms with Crippen LogP contribution in [0.25, 0.3) is 0 Å². The SMILES string of the molecule is CNCCC=C(C)Cc1cccnc1N. The summed E-state index contributed by atoms with van der Waals surface area (Å²) in [6, 6.07) is 3.95. The van der Waals surface area contributed by atoms with Crippen LogP contribution in [0.1, 0.15) is 18.9 Å². The van der Waals surface area contributed by atoms with Crippen LogP contribution in [0.3, 0.4) is 0 Å². The van der Waals surface area contributed by atoms with Crippen molar-refractivity contribution in [1.29, 1.82) is 0 Å². The van der Waals surface area contributed by atoms with Gasteiger partial charge in [-0.15, -0.1) is 0 Å². The van der Waals surface area contributed by atoms with Crippen LogP contribution in [0.2, 0.25) is 0 Å². The predicted molar refractivity (Wildman–Crippen MR) is 64.7 cm³/mol. The molecule has 0 fully saturated rings. The molecule has 3 N–H and O–H groups in total. The molecule has 3 nitrogen and oxygen atoms in total. The summed E-state index contributed by atoms with van der Waals surface area (Å²) >= 11 is 0. The van der Waals surface area contributed by atoms with Crippen LogP contribution in [0.5, 0.6) is 0 Å². The zero-order valence-corrected chi connectivity index (χ0v) is 9.46. The fraction of sp³-hybridized carbons (Fsp3) is 0.417. The first-order valence-corrected chi connectivity index (χ1v) is 5.23. The van der Waals surface area contributed by atoms with Gasteiger partial charge in [-0.05, 0) is 45.0 Å². The van der Waals surface area contributed by atoms with Gasteiger partial charge in [-0.2, -0.15) is 0 Å². The average Bonchev–Trinajstić information content (AvgIpc) is 2.22. The van der Waals surface area contributed by atoms with E-state index in [9.17, 15) is 0 Å². The molecule has 1 heterocycles. The summed E-state index contributed by atoms with van der Waals surface area (Å²) in [5, 5.41) is 3.12. The summed E-state index contributed by atoms with van der Waals surface area (Å²) in [4.78, 5) is 4.07. The van der Waals surface area contributed by atoms with Gasteiger partial charge in [0.25, 0.3) is 0 Å². The van der Waals surface area contributed by atoms with E-state index in [-0.39, 0.29) is 0 Å². The minimum Gasteiger partial charge on any atom is -0.383 e. The third-order valence-corrected chi connectivity index (χ3v) is 2.28. The molecule has 0 spiro atoms. The minimum absolute atomic E-state index is 0.638. The van der Waals surface area contributed by atoms with Crippen molar-refractivity contribution in [3.05, 3.63) is 35.5 Å². The summed E-state index contributed by atoms with van der Waals surface area (Å²) in [5.74, 6) is 0.638. The Morgan fingerprint density at radius 2 is 2.40 bits per heavy atom. The maximum atomic E-state index is 5.77. The van der Waals surface area contributed by atoms with Crippen LogP contribution >= 0.6 is 0 Å². The highest BCUT2D eigenvalue weighted by molar-refractivity contribution is 5.40. The fourth-order valence-corrected chi connectivity index (χ4v) is 1.44. The van der Waals surface area contributed by atoms with Gasteiger partial charge in [0, 0.05) is 6.20 Å². The van der Waals surface area contributed by atoms with Crippen LogP contribution < -0.4 is 11.1 Å². The maximum absolute atomic E-state index is 5.77. The second-order valence-electron chi connectivity index (χ2n) is 3.67. The number of nitrogens with zero attached hydrogens (tertiary/aromatic N) is 1. The highest BCUT2D eigenvalue weighted by atomic mass is 14.8. The largest absolute Gasteiger partial charge is 0.383 e. The number of nitrogens with one attached hydrogen (secondary N) is 1. The molecule has 82 valence electrons. The van der Waals surface area contributed by atoms with Gasteiger partial charge >= 0.3 is 0 Å². The number of anilines is 1. The predicted octanol–water partition coefficient (Wildman–Crippen LogP) is 1.76. The van der Waals surface area contributed by atoms with Gasteiger partial charge in [-0.25, -0.2) is 4.98 Å². The molecule has 0 unspecified atom stereocenters. The second-order valence-corrected chi connectivity index (χ2v) is 3.67. The van der Waals surface area contributed by atoms with Crippen molar-refractivity contribution in [1.82, 2.24) is 10.3 Å². The molecule has 0 amide bonds. The fourth-order valence-electron chi connectivity index (χ4n) is 1.44. The number of rotatable bonds is 5. The molecular formula is C12H19N3. The van der Waals surface area contributed by atoms with Crippen LogP contribution in [-0.2, 0) is 6.42 Å². The Kier molecular flexibility index (Phi) is 4.84. The average molecular weight is 205 g/mol. The maximum Gasteiger partial charge on any atom is 0.126 e. The quantitative estimate of drug-likeness (QED) is 0.569. The molecule has 0 saturated heterocycles. The first-order valence-electron chi connectivity index (χ1n) is 5.23. The Bertz CT molecular complexity index is 331. The van der Waals surface area contributed by atoms with E-state index in [1.807, 2.05) is 19.2 Å². The Labute approximate surface area is 91.4 Å². The first-order chi connectivity index (χ1) is 7.24. The molecular weight excluding hydrogens is 186 g/mol. The monoisotopic (exact) mass is 205 g/mol. The molecule has 1 rings (SSSR count). The Balaban J connectivity index is 2.54. The van der Waals surface area contributed by atoms with Gasteiger partial charge in [0.2, 0.25) is 0 Å². The third kappa shape index (κ3) is 4.13. The van der Waals surface area contributed by atoms with Crippen molar-refractivity contribution < 1.29 is 0 Å². The van der Waals surface area contributed by atoms with Crippen LogP contribution in [-0.4, -0.2) is 18.6 Å². The number of nitrogen functional groups attached to an aromatic ring is 1. The van der Waals surface area contributed by atoms with Crippen molar-refractivity contribution in [2.45, 2.75) is 19.8 Å². The molecule has 3 heteroatoms. The lowest BCUT2D eigenvalue weighted by Crippen LogP contribution is -2.06. The molecule has 0 saturated carbocycles. The normalized spacial score (nSPS) is 11.7. The van der Waals surface area contributed by atoms with Crippen molar-refractivity contribution >= 4 is 5.82 Å². The molecule has 0 aromatic carbocycles. The van der Waals surface area contributed by atoms with Crippen molar-refractivity contribution in [2.75, 3.05) is 19.3 Å². The van der Waals surface area contributed by atoms with Gasteiger partial charge < -0.3 is 11.1 Å². The molecule has 0 aliphatic heterocycles. The molecule has 15 heavy (non-hydrogen) atoms. The third-order valence-electron chi connectivity index (χ3n) is 2.28. The summed E-state index contributed by atoms with van der Waals surface area (Å²) in [5.41, 5.74) is 8.22. The molecule has 0 aliphatic rings. The molecule has 0 bridgehead atoms. The molecule has 0 aliphatic carbocycles. The van der Waals surface area contributed by atoms with Gasteiger partial charge in [-0.1, -0.05) is 17.7 Å². The number of hydrogen-bond donors (Lipinski definition) is 2. The Morgan fingerprint density at radius 3 is 3.07 bits per heavy atom. The van der Waals surface area contributed by atoms with Crippen LogP contribution in [0, 0.1) is 0 Å². The lowest BCUT2D eigenvalue weighted by molar-refractivity contribution is 0.803. The lowest BCUT2D eigenvalue weighted by Gasteiger charge is -2.04. The molecule has 0 atom stereocenters. The topological polar surface area (TPSA) is 50.9 Å². The Hall–Kier alpha value is -1.35. The van der Waals surface area contributed by atoms with E-state index in [1.165, 1.54) is 5.57 Å². The summed E-state index contributed by atoms with van der Waals surface area (Å²) in [7, 11) is 1.96. The van der Waals surface area contributed by atoms with E-state index < -0.39 is 0 Å². The van der Waals surface area contributed by atoms with E-state index in [2.05, 4.69) is 23.3 Å². The van der Waals surface area contributed by atoms with Crippen molar-refractivity contribution in [2.24, 2.45) is 0 Å². The summed E-state index contributed by atoms with van der Waals surface area (Å²) in [6.45, 7) is 3.14. The standard InChI is InChI=1S/C12H19N3/c1-10(5-3-7-14-2)9-11-6-4-8-15-12(11)13/h4-6,8,14H,3,7,9H2,1-2H3,(H2,13,15). The van der Waals surface area contributed by atoms with Gasteiger partial charge in [0.1, 0.15) is 5.82 Å². The smallest absolute Gasteiger partial charge is 0.126 e. The zero-order chi connectivity index (χ0) is 11.1. The number of allylic oxidation sites excluding steroid dienone is 1. The summed E-state index contributed by atoms with van der Waals surface area (Å²) < 4.78 is 0. The van der Waals surface area contributed by atoms with E-state index in [0.717, 1.165) is 24.9 Å². The zero-order valence-electron chi connectivity index (χ0n) is 9.46. The van der Waals surface area contributed by atoms with Gasteiger partial charge in [0.15, 0.2) is 0 Å². The number of pyridine rings is 1. The highest BCUT2D eigenvalue weighted by Gasteiger charge is 1.99. The van der Waals surface area contributed by atoms with Gasteiger partial charge in [0.05, 0.1) is 0 Å². The molecule has 1 aromatic heterocycles. The molecule has 1 aromatic rings. The van der Waals surface area contributed by atoms with Crippen LogP contribution in [0.15, 0.2) is 30.0 Å².